The van der Waals surface area contributed by atoms with Gasteiger partial charge in [0.05, 0.1) is 20.8 Å². The zero-order chi connectivity index (χ0) is 19.4. The normalized spacial score (nSPS) is 17.6. The van der Waals surface area contributed by atoms with Crippen molar-refractivity contribution >= 4 is 17.7 Å². The monoisotopic (exact) mass is 389 g/mol. The van der Waals surface area contributed by atoms with Gasteiger partial charge in [-0.1, -0.05) is 36.7 Å². The average molecular weight is 390 g/mol. The number of benzene rings is 2. The fraction of sp³-hybridized carbons (Fsp3) is 0.381. The van der Waals surface area contributed by atoms with E-state index in [1.807, 2.05) is 47.4 Å². The van der Waals surface area contributed by atoms with E-state index in [1.165, 1.54) is 0 Å². The van der Waals surface area contributed by atoms with E-state index in [2.05, 4.69) is 6.92 Å². The van der Waals surface area contributed by atoms with Gasteiger partial charge in [-0.25, -0.2) is 4.79 Å². The summed E-state index contributed by atoms with van der Waals surface area (Å²) in [6.45, 7) is 2.60. The lowest BCUT2D eigenvalue weighted by Gasteiger charge is -2.25. The Morgan fingerprint density at radius 1 is 1.19 bits per heavy atom. The molecule has 1 aliphatic heterocycles. The van der Waals surface area contributed by atoms with Crippen LogP contribution in [0.4, 0.5) is 4.79 Å². The molecule has 0 N–H and O–H groups in total. The summed E-state index contributed by atoms with van der Waals surface area (Å²) < 4.78 is 16.4. The van der Waals surface area contributed by atoms with Crippen molar-refractivity contribution in [3.63, 3.8) is 0 Å². The Balaban J connectivity index is 1.75. The summed E-state index contributed by atoms with van der Waals surface area (Å²) in [7, 11) is 3.26. The van der Waals surface area contributed by atoms with Crippen molar-refractivity contribution in [3.05, 3.63) is 58.6 Å². The van der Waals surface area contributed by atoms with Crippen molar-refractivity contribution in [2.45, 2.75) is 31.9 Å². The predicted molar refractivity (Wildman–Crippen MR) is 105 cm³/mol. The molecule has 2 atom stereocenters. The van der Waals surface area contributed by atoms with Gasteiger partial charge in [-0.15, -0.1) is 0 Å². The molecule has 0 spiro atoms. The van der Waals surface area contributed by atoms with E-state index in [9.17, 15) is 4.79 Å². The van der Waals surface area contributed by atoms with Crippen LogP contribution >= 0.6 is 11.6 Å². The molecule has 0 unspecified atom stereocenters. The van der Waals surface area contributed by atoms with Crippen LogP contribution in [0.3, 0.4) is 0 Å². The quantitative estimate of drug-likeness (QED) is 0.677. The number of rotatable bonds is 7. The molecule has 0 aliphatic carbocycles. The average Bonchev–Trinajstić information content (AvgIpc) is 3.08. The highest BCUT2D eigenvalue weighted by Gasteiger charge is 2.36. The zero-order valence-electron chi connectivity index (χ0n) is 15.8. The van der Waals surface area contributed by atoms with E-state index in [4.69, 9.17) is 25.8 Å². The van der Waals surface area contributed by atoms with Gasteiger partial charge >= 0.3 is 6.09 Å². The van der Waals surface area contributed by atoms with Gasteiger partial charge in [0.25, 0.3) is 0 Å². The topological polar surface area (TPSA) is 48.0 Å². The molecule has 1 saturated heterocycles. The van der Waals surface area contributed by atoms with Crippen LogP contribution in [0.5, 0.6) is 11.5 Å². The van der Waals surface area contributed by atoms with Crippen LogP contribution in [0, 0.1) is 0 Å². The van der Waals surface area contributed by atoms with Gasteiger partial charge in [-0.05, 0) is 42.2 Å². The van der Waals surface area contributed by atoms with Gasteiger partial charge < -0.3 is 19.1 Å². The first-order valence-corrected chi connectivity index (χ1v) is 9.37. The number of methoxy groups -OCH3 is 2. The number of cyclic esters (lactones) is 1. The lowest BCUT2D eigenvalue weighted by molar-refractivity contribution is 0.127. The fourth-order valence-corrected chi connectivity index (χ4v) is 3.50. The summed E-state index contributed by atoms with van der Waals surface area (Å²) in [5.41, 5.74) is 1.99. The number of halogens is 1. The number of carbonyl (C=O) groups excluding carboxylic acids is 1. The molecule has 0 aromatic heterocycles. The molecule has 1 aliphatic rings. The molecule has 27 heavy (non-hydrogen) atoms. The maximum absolute atomic E-state index is 12.5. The smallest absolute Gasteiger partial charge is 0.410 e. The molecule has 2 aromatic rings. The number of ether oxygens (including phenoxy) is 3. The van der Waals surface area contributed by atoms with Crippen LogP contribution < -0.4 is 9.47 Å². The molecule has 6 heteroatoms. The SMILES string of the molecule is CC[C@H](Cc1ccc(OC)cc1OC)N1C[C@@H](c2ccc(Cl)cc2)OC1=O. The largest absolute Gasteiger partial charge is 0.497 e. The van der Waals surface area contributed by atoms with E-state index in [0.717, 1.165) is 29.0 Å². The van der Waals surface area contributed by atoms with Gasteiger partial charge in [0.15, 0.2) is 0 Å². The van der Waals surface area contributed by atoms with Crippen LogP contribution in [0.1, 0.15) is 30.6 Å². The summed E-state index contributed by atoms with van der Waals surface area (Å²) in [6, 6.07) is 13.2. The number of hydrogen-bond acceptors (Lipinski definition) is 4. The Bertz CT molecular complexity index is 793. The standard InChI is InChI=1S/C21H24ClNO4/c1-4-17(11-15-7-10-18(25-2)12-19(15)26-3)23-13-20(27-21(23)24)14-5-8-16(22)9-6-14/h5-10,12,17,20H,4,11,13H2,1-3H3/t17-,20+/m1/s1. The highest BCUT2D eigenvalue weighted by atomic mass is 35.5. The maximum atomic E-state index is 12.5. The highest BCUT2D eigenvalue weighted by Crippen LogP contribution is 2.32. The minimum atomic E-state index is -0.283. The Morgan fingerprint density at radius 2 is 1.93 bits per heavy atom. The number of hydrogen-bond donors (Lipinski definition) is 0. The third kappa shape index (κ3) is 4.30. The Hall–Kier alpha value is -2.40. The molecular weight excluding hydrogens is 366 g/mol. The Kier molecular flexibility index (Phi) is 6.11. The van der Waals surface area contributed by atoms with E-state index < -0.39 is 0 Å². The van der Waals surface area contributed by atoms with E-state index in [1.54, 1.807) is 14.2 Å². The lowest BCUT2D eigenvalue weighted by atomic mass is 10.0. The Labute approximate surface area is 164 Å². The summed E-state index contributed by atoms with van der Waals surface area (Å²) >= 11 is 5.95. The minimum Gasteiger partial charge on any atom is -0.497 e. The third-order valence-corrected chi connectivity index (χ3v) is 5.20. The fourth-order valence-electron chi connectivity index (χ4n) is 3.38. The number of carbonyl (C=O) groups is 1. The van der Waals surface area contributed by atoms with Crippen LogP contribution in [-0.2, 0) is 11.2 Å². The second kappa shape index (κ2) is 8.53. The highest BCUT2D eigenvalue weighted by molar-refractivity contribution is 6.30. The molecule has 1 fully saturated rings. The maximum Gasteiger partial charge on any atom is 0.410 e. The van der Waals surface area contributed by atoms with Crippen molar-refractivity contribution < 1.29 is 19.0 Å². The van der Waals surface area contributed by atoms with Crippen molar-refractivity contribution in [2.75, 3.05) is 20.8 Å². The Morgan fingerprint density at radius 3 is 2.56 bits per heavy atom. The first kappa shape index (κ1) is 19.4. The molecule has 0 bridgehead atoms. The molecule has 0 saturated carbocycles. The molecule has 3 rings (SSSR count). The zero-order valence-corrected chi connectivity index (χ0v) is 16.5. The van der Waals surface area contributed by atoms with Crippen LogP contribution in [0.2, 0.25) is 5.02 Å². The summed E-state index contributed by atoms with van der Waals surface area (Å²) in [5, 5.41) is 0.665. The second-order valence-electron chi connectivity index (χ2n) is 6.52. The second-order valence-corrected chi connectivity index (χ2v) is 6.96. The molecule has 144 valence electrons. The van der Waals surface area contributed by atoms with Gasteiger partial charge in [-0.2, -0.15) is 0 Å². The van der Waals surface area contributed by atoms with E-state index >= 15 is 0 Å². The first-order valence-electron chi connectivity index (χ1n) is 8.99. The number of amides is 1. The van der Waals surface area contributed by atoms with Gasteiger partial charge in [0, 0.05) is 17.1 Å². The third-order valence-electron chi connectivity index (χ3n) is 4.94. The van der Waals surface area contributed by atoms with Crippen molar-refractivity contribution in [2.24, 2.45) is 0 Å². The van der Waals surface area contributed by atoms with Crippen LogP contribution in [0.15, 0.2) is 42.5 Å². The molecule has 0 radical (unpaired) electrons. The molecular formula is C21H24ClNO4. The molecule has 1 heterocycles. The number of nitrogens with zero attached hydrogens (tertiary/aromatic N) is 1. The van der Waals surface area contributed by atoms with Crippen molar-refractivity contribution in [1.29, 1.82) is 0 Å². The lowest BCUT2D eigenvalue weighted by Crippen LogP contribution is -2.37. The van der Waals surface area contributed by atoms with Gasteiger partial charge in [0.2, 0.25) is 0 Å². The first-order chi connectivity index (χ1) is 13.0. The van der Waals surface area contributed by atoms with E-state index in [-0.39, 0.29) is 18.2 Å². The molecule has 1 amide bonds. The van der Waals surface area contributed by atoms with E-state index in [0.29, 0.717) is 18.0 Å². The van der Waals surface area contributed by atoms with Crippen molar-refractivity contribution in [3.8, 4) is 11.5 Å². The predicted octanol–water partition coefficient (Wildman–Crippen LogP) is 4.87. The van der Waals surface area contributed by atoms with Gasteiger partial charge in [-0.3, -0.25) is 0 Å². The summed E-state index contributed by atoms with van der Waals surface area (Å²) in [4.78, 5) is 14.3. The van der Waals surface area contributed by atoms with Crippen molar-refractivity contribution in [1.82, 2.24) is 4.90 Å². The molecule has 5 nitrogen and oxygen atoms in total. The summed E-state index contributed by atoms with van der Waals surface area (Å²) in [5.74, 6) is 1.50. The van der Waals surface area contributed by atoms with Gasteiger partial charge in [0.1, 0.15) is 17.6 Å². The molecule has 2 aromatic carbocycles. The van der Waals surface area contributed by atoms with Crippen LogP contribution in [-0.4, -0.2) is 37.8 Å². The minimum absolute atomic E-state index is 0.0251. The van der Waals surface area contributed by atoms with Crippen LogP contribution in [0.25, 0.3) is 0 Å². The summed E-state index contributed by atoms with van der Waals surface area (Å²) in [6.07, 6.45) is 0.944.